The molecule has 4 rings (SSSR count). The van der Waals surface area contributed by atoms with Gasteiger partial charge in [0, 0.05) is 35.1 Å². The highest BCUT2D eigenvalue weighted by Gasteiger charge is 2.18. The van der Waals surface area contributed by atoms with Crippen LogP contribution in [0.4, 0.5) is 5.13 Å². The van der Waals surface area contributed by atoms with E-state index in [4.69, 9.17) is 16.3 Å². The van der Waals surface area contributed by atoms with Crippen molar-refractivity contribution < 1.29 is 9.53 Å². The van der Waals surface area contributed by atoms with Crippen LogP contribution in [0.15, 0.2) is 29.6 Å². The first-order valence-corrected chi connectivity index (χ1v) is 10.0. The summed E-state index contributed by atoms with van der Waals surface area (Å²) in [7, 11) is 0. The van der Waals surface area contributed by atoms with E-state index in [2.05, 4.69) is 15.2 Å². The van der Waals surface area contributed by atoms with Crippen molar-refractivity contribution in [2.45, 2.75) is 6.54 Å². The van der Waals surface area contributed by atoms with E-state index in [1.807, 2.05) is 29.6 Å². The Morgan fingerprint density at radius 3 is 2.92 bits per heavy atom. The van der Waals surface area contributed by atoms with Gasteiger partial charge in [0.1, 0.15) is 4.88 Å². The normalized spacial score (nSPS) is 15.6. The zero-order valence-electron chi connectivity index (χ0n) is 13.3. The number of rotatable bonds is 4. The van der Waals surface area contributed by atoms with E-state index in [0.29, 0.717) is 15.0 Å². The summed E-state index contributed by atoms with van der Waals surface area (Å²) in [4.78, 5) is 19.9. The molecule has 8 heteroatoms. The van der Waals surface area contributed by atoms with E-state index in [-0.39, 0.29) is 5.91 Å². The van der Waals surface area contributed by atoms with E-state index in [0.717, 1.165) is 48.6 Å². The molecule has 0 radical (unpaired) electrons. The topological polar surface area (TPSA) is 54.5 Å². The lowest BCUT2D eigenvalue weighted by atomic mass is 10.2. The number of fused-ring (bicyclic) bond motifs is 1. The standard InChI is InChI=1S/C17H16ClN3O2S2/c18-14-12-3-1-2-4-13(12)25-15(14)16(22)20-17-19-11(10-24-17)9-21-5-7-23-8-6-21/h1-4,10H,5-9H2,(H,19,20,22). The number of amides is 1. The molecule has 3 heterocycles. The molecule has 5 nitrogen and oxygen atoms in total. The summed E-state index contributed by atoms with van der Waals surface area (Å²) in [5.74, 6) is -0.210. The molecule has 1 aliphatic rings. The Morgan fingerprint density at radius 2 is 2.12 bits per heavy atom. The third-order valence-electron chi connectivity index (χ3n) is 4.00. The number of hydrogen-bond acceptors (Lipinski definition) is 6. The molecular formula is C17H16ClN3O2S2. The summed E-state index contributed by atoms with van der Waals surface area (Å²) in [6.45, 7) is 4.13. The number of carbonyl (C=O) groups is 1. The molecule has 130 valence electrons. The van der Waals surface area contributed by atoms with E-state index in [1.54, 1.807) is 0 Å². The van der Waals surface area contributed by atoms with Gasteiger partial charge in [-0.3, -0.25) is 15.0 Å². The summed E-state index contributed by atoms with van der Waals surface area (Å²) >= 11 is 9.20. The average Bonchev–Trinajstić information content (AvgIpc) is 3.20. The Kier molecular flexibility index (Phi) is 5.00. The molecule has 0 bridgehead atoms. The van der Waals surface area contributed by atoms with Crippen molar-refractivity contribution in [2.75, 3.05) is 31.6 Å². The van der Waals surface area contributed by atoms with Gasteiger partial charge in [0.15, 0.2) is 5.13 Å². The monoisotopic (exact) mass is 393 g/mol. The van der Waals surface area contributed by atoms with Crippen molar-refractivity contribution >= 4 is 55.4 Å². The predicted octanol–water partition coefficient (Wildman–Crippen LogP) is 4.10. The van der Waals surface area contributed by atoms with Gasteiger partial charge >= 0.3 is 0 Å². The second-order valence-corrected chi connectivity index (χ2v) is 8.02. The summed E-state index contributed by atoms with van der Waals surface area (Å²) in [6.07, 6.45) is 0. The second-order valence-electron chi connectivity index (χ2n) is 5.73. The summed E-state index contributed by atoms with van der Waals surface area (Å²) in [5.41, 5.74) is 0.963. The predicted molar refractivity (Wildman–Crippen MR) is 103 cm³/mol. The molecule has 1 aromatic carbocycles. The summed E-state index contributed by atoms with van der Waals surface area (Å²) in [6, 6.07) is 7.75. The first-order chi connectivity index (χ1) is 12.2. The number of nitrogens with one attached hydrogen (secondary N) is 1. The van der Waals surface area contributed by atoms with Crippen LogP contribution in [-0.4, -0.2) is 42.1 Å². The maximum Gasteiger partial charge on any atom is 0.269 e. The zero-order chi connectivity index (χ0) is 17.2. The number of ether oxygens (including phenoxy) is 1. The number of thiophene rings is 1. The third-order valence-corrected chi connectivity index (χ3v) is 6.48. The first kappa shape index (κ1) is 16.9. The van der Waals surface area contributed by atoms with Crippen LogP contribution in [0.25, 0.3) is 10.1 Å². The van der Waals surface area contributed by atoms with Gasteiger partial charge < -0.3 is 4.74 Å². The SMILES string of the molecule is O=C(Nc1nc(CN2CCOCC2)cs1)c1sc2ccccc2c1Cl. The first-order valence-electron chi connectivity index (χ1n) is 7.93. The lowest BCUT2D eigenvalue weighted by Crippen LogP contribution is -2.35. The molecule has 25 heavy (non-hydrogen) atoms. The summed E-state index contributed by atoms with van der Waals surface area (Å²) < 4.78 is 6.36. The maximum absolute atomic E-state index is 12.6. The third kappa shape index (κ3) is 3.70. The van der Waals surface area contributed by atoms with Gasteiger partial charge in [-0.2, -0.15) is 0 Å². The number of nitrogens with zero attached hydrogens (tertiary/aromatic N) is 2. The van der Waals surface area contributed by atoms with Gasteiger partial charge in [-0.25, -0.2) is 4.98 Å². The quantitative estimate of drug-likeness (QED) is 0.725. The van der Waals surface area contributed by atoms with E-state index >= 15 is 0 Å². The summed E-state index contributed by atoms with van der Waals surface area (Å²) in [5, 5.41) is 6.86. The fourth-order valence-electron chi connectivity index (χ4n) is 2.74. The van der Waals surface area contributed by atoms with Gasteiger partial charge in [0.25, 0.3) is 5.91 Å². The average molecular weight is 394 g/mol. The van der Waals surface area contributed by atoms with Gasteiger partial charge in [-0.1, -0.05) is 29.8 Å². The number of aromatic nitrogens is 1. The van der Waals surface area contributed by atoms with Gasteiger partial charge in [0.2, 0.25) is 0 Å². The molecule has 0 saturated carbocycles. The fourth-order valence-corrected chi connectivity index (χ4v) is 4.85. The molecule has 1 amide bonds. The number of thiazole rings is 1. The molecule has 3 aromatic rings. The van der Waals surface area contributed by atoms with Gasteiger partial charge in [-0.05, 0) is 6.07 Å². The molecule has 1 aliphatic heterocycles. The molecule has 0 aliphatic carbocycles. The van der Waals surface area contributed by atoms with Crippen molar-refractivity contribution in [1.29, 1.82) is 0 Å². The largest absolute Gasteiger partial charge is 0.379 e. The molecule has 0 spiro atoms. The Labute approximate surface area is 158 Å². The van der Waals surface area contributed by atoms with Crippen LogP contribution in [0, 0.1) is 0 Å². The van der Waals surface area contributed by atoms with Crippen molar-refractivity contribution in [3.05, 3.63) is 45.2 Å². The van der Waals surface area contributed by atoms with E-state index in [1.165, 1.54) is 22.7 Å². The number of benzene rings is 1. The Morgan fingerprint density at radius 1 is 1.32 bits per heavy atom. The van der Waals surface area contributed by atoms with E-state index < -0.39 is 0 Å². The number of morpholine rings is 1. The lowest BCUT2D eigenvalue weighted by molar-refractivity contribution is 0.0337. The molecule has 0 atom stereocenters. The minimum atomic E-state index is -0.210. The van der Waals surface area contributed by atoms with Crippen molar-refractivity contribution in [3.63, 3.8) is 0 Å². The Hall–Kier alpha value is -1.51. The number of hydrogen-bond donors (Lipinski definition) is 1. The fraction of sp³-hybridized carbons (Fsp3) is 0.294. The van der Waals surface area contributed by atoms with Crippen LogP contribution in [0.2, 0.25) is 5.02 Å². The molecule has 1 fully saturated rings. The molecule has 1 saturated heterocycles. The van der Waals surface area contributed by atoms with Crippen LogP contribution < -0.4 is 5.32 Å². The van der Waals surface area contributed by atoms with Crippen LogP contribution in [-0.2, 0) is 11.3 Å². The van der Waals surface area contributed by atoms with Crippen LogP contribution >= 0.6 is 34.3 Å². The highest BCUT2D eigenvalue weighted by molar-refractivity contribution is 7.21. The van der Waals surface area contributed by atoms with Crippen molar-refractivity contribution in [2.24, 2.45) is 0 Å². The minimum Gasteiger partial charge on any atom is -0.379 e. The molecule has 0 unspecified atom stereocenters. The zero-order valence-corrected chi connectivity index (χ0v) is 15.7. The molecular weight excluding hydrogens is 378 g/mol. The Bertz CT molecular complexity index is 902. The minimum absolute atomic E-state index is 0.210. The molecule has 1 N–H and O–H groups in total. The van der Waals surface area contributed by atoms with Crippen molar-refractivity contribution in [3.8, 4) is 0 Å². The van der Waals surface area contributed by atoms with Crippen LogP contribution in [0.3, 0.4) is 0 Å². The van der Waals surface area contributed by atoms with Gasteiger partial charge in [0.05, 0.1) is 23.9 Å². The highest BCUT2D eigenvalue weighted by atomic mass is 35.5. The number of halogens is 1. The van der Waals surface area contributed by atoms with Crippen LogP contribution in [0.5, 0.6) is 0 Å². The van der Waals surface area contributed by atoms with Crippen LogP contribution in [0.1, 0.15) is 15.4 Å². The molecule has 2 aromatic heterocycles. The lowest BCUT2D eigenvalue weighted by Gasteiger charge is -2.25. The van der Waals surface area contributed by atoms with Crippen molar-refractivity contribution in [1.82, 2.24) is 9.88 Å². The van der Waals surface area contributed by atoms with E-state index in [9.17, 15) is 4.79 Å². The smallest absolute Gasteiger partial charge is 0.269 e. The second kappa shape index (κ2) is 7.39. The number of carbonyl (C=O) groups excluding carboxylic acids is 1. The number of anilines is 1. The van der Waals surface area contributed by atoms with Gasteiger partial charge in [-0.15, -0.1) is 22.7 Å². The Balaban J connectivity index is 1.46. The highest BCUT2D eigenvalue weighted by Crippen LogP contribution is 2.35. The maximum atomic E-state index is 12.6.